The highest BCUT2D eigenvalue weighted by molar-refractivity contribution is 7.80. The van der Waals surface area contributed by atoms with E-state index in [9.17, 15) is 14.7 Å². The largest absolute Gasteiger partial charge is 0.495 e. The highest BCUT2D eigenvalue weighted by atomic mass is 32.1. The van der Waals surface area contributed by atoms with E-state index in [1.54, 1.807) is 36.5 Å². The molecule has 0 bridgehead atoms. The number of amides is 1. The molecule has 1 aliphatic rings. The third-order valence-electron chi connectivity index (χ3n) is 6.18. The molecule has 1 saturated heterocycles. The predicted octanol–water partition coefficient (Wildman–Crippen LogP) is 5.18. The van der Waals surface area contributed by atoms with Crippen molar-refractivity contribution < 1.29 is 23.8 Å². The molecule has 0 radical (unpaired) electrons. The topological polar surface area (TPSA) is 117 Å². The number of ether oxygens (including phenoxy) is 1. The molecular formula is C28H24N4O5S. The number of aromatic nitrogens is 1. The van der Waals surface area contributed by atoms with E-state index in [1.165, 1.54) is 20.1 Å². The van der Waals surface area contributed by atoms with Crippen LogP contribution in [0.25, 0.3) is 11.3 Å². The van der Waals surface area contributed by atoms with Gasteiger partial charge in [-0.2, -0.15) is 0 Å². The summed E-state index contributed by atoms with van der Waals surface area (Å²) < 4.78 is 11.7. The third kappa shape index (κ3) is 4.81. The van der Waals surface area contributed by atoms with E-state index < -0.39 is 12.0 Å². The van der Waals surface area contributed by atoms with E-state index in [0.717, 1.165) is 5.69 Å². The number of pyridine rings is 1. The van der Waals surface area contributed by atoms with E-state index in [-0.39, 0.29) is 17.5 Å². The van der Waals surface area contributed by atoms with Gasteiger partial charge in [-0.25, -0.2) is 4.79 Å². The fraction of sp³-hybridized carbons (Fsp3) is 0.143. The van der Waals surface area contributed by atoms with Gasteiger partial charge in [0.2, 0.25) is 5.91 Å². The Morgan fingerprint density at radius 1 is 1.11 bits per heavy atom. The number of nitrogens with one attached hydrogen (secondary N) is 2. The molecule has 1 fully saturated rings. The van der Waals surface area contributed by atoms with Gasteiger partial charge in [-0.3, -0.25) is 9.78 Å². The summed E-state index contributed by atoms with van der Waals surface area (Å²) in [6.45, 7) is 1.43. The number of hydrogen-bond acceptors (Lipinski definition) is 6. The van der Waals surface area contributed by atoms with Gasteiger partial charge in [-0.05, 0) is 66.8 Å². The minimum atomic E-state index is -1.01. The van der Waals surface area contributed by atoms with Gasteiger partial charge in [-0.15, -0.1) is 0 Å². The summed E-state index contributed by atoms with van der Waals surface area (Å²) in [6, 6.07) is 20.5. The first kappa shape index (κ1) is 25.0. The number of carboxylic acid groups (broad SMARTS) is 1. The van der Waals surface area contributed by atoms with Crippen molar-refractivity contribution in [1.82, 2.24) is 10.3 Å². The lowest BCUT2D eigenvalue weighted by Gasteiger charge is -2.27. The number of aromatic carboxylic acids is 1. The van der Waals surface area contributed by atoms with Crippen molar-refractivity contribution in [3.05, 3.63) is 96.0 Å². The average molecular weight is 529 g/mol. The van der Waals surface area contributed by atoms with Crippen LogP contribution < -0.4 is 20.3 Å². The molecule has 4 aromatic rings. The predicted molar refractivity (Wildman–Crippen MR) is 146 cm³/mol. The summed E-state index contributed by atoms with van der Waals surface area (Å²) in [5.74, 6) is 0.387. The monoisotopic (exact) mass is 528 g/mol. The normalized spacial score (nSPS) is 16.7. The number of anilines is 2. The molecule has 0 aliphatic carbocycles. The van der Waals surface area contributed by atoms with Gasteiger partial charge in [0.25, 0.3) is 0 Å². The summed E-state index contributed by atoms with van der Waals surface area (Å²) in [6.07, 6.45) is 1.72. The molecule has 38 heavy (non-hydrogen) atoms. The summed E-state index contributed by atoms with van der Waals surface area (Å²) in [5.41, 5.74) is 2.79. The highest BCUT2D eigenvalue weighted by Crippen LogP contribution is 2.44. The maximum absolute atomic E-state index is 11.8. The maximum Gasteiger partial charge on any atom is 0.335 e. The zero-order chi connectivity index (χ0) is 26.8. The quantitative estimate of drug-likeness (QED) is 0.279. The Balaban J connectivity index is 1.60. The number of nitrogens with zero attached hydrogens (tertiary/aromatic N) is 2. The molecule has 2 atom stereocenters. The van der Waals surface area contributed by atoms with Crippen molar-refractivity contribution in [1.29, 1.82) is 0 Å². The zero-order valence-electron chi connectivity index (χ0n) is 20.5. The van der Waals surface area contributed by atoms with Crippen molar-refractivity contribution in [3.63, 3.8) is 0 Å². The van der Waals surface area contributed by atoms with Crippen molar-refractivity contribution in [2.45, 2.75) is 19.0 Å². The Kier molecular flexibility index (Phi) is 6.80. The fourth-order valence-corrected chi connectivity index (χ4v) is 4.87. The lowest BCUT2D eigenvalue weighted by molar-refractivity contribution is -0.114. The zero-order valence-corrected chi connectivity index (χ0v) is 21.4. The van der Waals surface area contributed by atoms with Crippen LogP contribution in [0.1, 0.15) is 40.8 Å². The minimum absolute atomic E-state index is 0.167. The second-order valence-corrected chi connectivity index (χ2v) is 9.04. The first-order valence-corrected chi connectivity index (χ1v) is 12.2. The molecule has 2 aromatic carbocycles. The van der Waals surface area contributed by atoms with E-state index in [4.69, 9.17) is 21.4 Å². The number of carboxylic acids is 1. The van der Waals surface area contributed by atoms with Gasteiger partial charge in [0.15, 0.2) is 5.11 Å². The molecular weight excluding hydrogens is 504 g/mol. The van der Waals surface area contributed by atoms with Crippen molar-refractivity contribution in [2.75, 3.05) is 17.3 Å². The lowest BCUT2D eigenvalue weighted by Crippen LogP contribution is -2.29. The molecule has 1 aliphatic heterocycles. The van der Waals surface area contributed by atoms with Gasteiger partial charge >= 0.3 is 5.97 Å². The highest BCUT2D eigenvalue weighted by Gasteiger charge is 2.42. The van der Waals surface area contributed by atoms with Crippen LogP contribution in [0.5, 0.6) is 5.75 Å². The lowest BCUT2D eigenvalue weighted by atomic mass is 10.0. The molecule has 1 amide bonds. The van der Waals surface area contributed by atoms with E-state index in [0.29, 0.717) is 39.3 Å². The van der Waals surface area contributed by atoms with Crippen LogP contribution in [-0.2, 0) is 4.79 Å². The molecule has 192 valence electrons. The first-order valence-electron chi connectivity index (χ1n) is 11.8. The summed E-state index contributed by atoms with van der Waals surface area (Å²) >= 11 is 5.78. The molecule has 5 rings (SSSR count). The summed E-state index contributed by atoms with van der Waals surface area (Å²) in [5, 5.41) is 16.0. The maximum atomic E-state index is 11.8. The summed E-state index contributed by atoms with van der Waals surface area (Å²) in [4.78, 5) is 29.8. The molecule has 0 unspecified atom stereocenters. The molecule has 2 aromatic heterocycles. The summed E-state index contributed by atoms with van der Waals surface area (Å²) in [7, 11) is 1.53. The molecule has 10 heteroatoms. The van der Waals surface area contributed by atoms with Crippen molar-refractivity contribution >= 4 is 40.6 Å². The van der Waals surface area contributed by atoms with Crippen molar-refractivity contribution in [3.8, 4) is 17.1 Å². The Morgan fingerprint density at radius 2 is 1.95 bits per heavy atom. The van der Waals surface area contributed by atoms with Crippen LogP contribution >= 0.6 is 12.2 Å². The van der Waals surface area contributed by atoms with E-state index in [1.807, 2.05) is 41.3 Å². The van der Waals surface area contributed by atoms with Crippen LogP contribution in [0.2, 0.25) is 0 Å². The second-order valence-electron chi connectivity index (χ2n) is 8.65. The number of carbonyl (C=O) groups is 2. The Labute approximate surface area is 224 Å². The van der Waals surface area contributed by atoms with Crippen LogP contribution in [0.15, 0.2) is 83.4 Å². The van der Waals surface area contributed by atoms with Crippen LogP contribution in [0.4, 0.5) is 11.4 Å². The Bertz CT molecular complexity index is 1520. The van der Waals surface area contributed by atoms with Crippen LogP contribution in [0, 0.1) is 0 Å². The second kappa shape index (κ2) is 10.3. The van der Waals surface area contributed by atoms with Gasteiger partial charge in [0.1, 0.15) is 23.3 Å². The standard InChI is InChI=1S/C28H24N4O5S/c1-16(33)30-21-15-19(9-10-23(21)36-2)32-26(25(31-28(32)38)20-8-3-4-13-29-20)24-12-11-22(37-24)17-6-5-7-18(14-17)27(34)35/h3-15,25-26H,1-2H3,(H,30,33)(H,31,38)(H,34,35)/t25-,26-/m0/s1. The molecule has 3 heterocycles. The number of thiocarbonyl (C=S) groups is 1. The van der Waals surface area contributed by atoms with Gasteiger partial charge < -0.3 is 29.8 Å². The number of methoxy groups -OCH3 is 1. The SMILES string of the molecule is COc1ccc(N2C(=S)N[C@@H](c3ccccn3)[C@@H]2c2ccc(-c3cccc(C(=O)O)c3)o2)cc1NC(C)=O. The number of hydrogen-bond donors (Lipinski definition) is 3. The smallest absolute Gasteiger partial charge is 0.335 e. The number of furan rings is 1. The van der Waals surface area contributed by atoms with Crippen LogP contribution in [0.3, 0.4) is 0 Å². The van der Waals surface area contributed by atoms with Crippen LogP contribution in [-0.4, -0.2) is 34.2 Å². The third-order valence-corrected chi connectivity index (χ3v) is 6.50. The fourth-order valence-electron chi connectivity index (χ4n) is 4.53. The van der Waals surface area contributed by atoms with E-state index >= 15 is 0 Å². The average Bonchev–Trinajstić information content (AvgIpc) is 3.53. The molecule has 3 N–H and O–H groups in total. The number of carbonyl (C=O) groups excluding carboxylic acids is 1. The minimum Gasteiger partial charge on any atom is -0.495 e. The Morgan fingerprint density at radius 3 is 2.66 bits per heavy atom. The number of benzene rings is 2. The van der Waals surface area contributed by atoms with Gasteiger partial charge in [0.05, 0.1) is 30.1 Å². The first-order chi connectivity index (χ1) is 18.4. The number of rotatable bonds is 7. The van der Waals surface area contributed by atoms with Gasteiger partial charge in [0, 0.05) is 24.4 Å². The van der Waals surface area contributed by atoms with E-state index in [2.05, 4.69) is 15.6 Å². The van der Waals surface area contributed by atoms with Gasteiger partial charge in [-0.1, -0.05) is 18.2 Å². The Hall–Kier alpha value is -4.70. The molecule has 0 saturated carbocycles. The molecule has 9 nitrogen and oxygen atoms in total. The van der Waals surface area contributed by atoms with Crippen molar-refractivity contribution in [2.24, 2.45) is 0 Å². The molecule has 0 spiro atoms.